The molecular formula is C17H27N2O2+. The molecule has 1 heterocycles. The normalized spacial score (nSPS) is 18.1. The maximum absolute atomic E-state index is 12.4. The molecule has 0 unspecified atom stereocenters. The maximum atomic E-state index is 12.4. The van der Waals surface area contributed by atoms with E-state index in [1.165, 1.54) is 5.56 Å². The van der Waals surface area contributed by atoms with Crippen LogP contribution in [-0.2, 0) is 16.1 Å². The summed E-state index contributed by atoms with van der Waals surface area (Å²) in [5.74, 6) is 0.201. The third-order valence-electron chi connectivity index (χ3n) is 3.91. The van der Waals surface area contributed by atoms with Crippen molar-refractivity contribution in [2.45, 2.75) is 45.4 Å². The standard InChI is InChI=1S/C17H26N2O2/c1-14(2)19(13-15-7-4-3-5-8-15)17(20)12-18-11-16-9-6-10-21-16/h3-5,7-8,14,16,18H,6,9-13H2,1-2H3/p+1/t16-/m0/s1. The molecule has 4 heteroatoms. The minimum Gasteiger partial charge on any atom is -0.372 e. The molecule has 4 nitrogen and oxygen atoms in total. The van der Waals surface area contributed by atoms with Crippen LogP contribution in [0.25, 0.3) is 0 Å². The number of nitrogens with two attached hydrogens (primary N) is 1. The number of quaternary nitrogens is 1. The number of nitrogens with zero attached hydrogens (tertiary/aromatic N) is 1. The van der Waals surface area contributed by atoms with Crippen LogP contribution >= 0.6 is 0 Å². The topological polar surface area (TPSA) is 46.2 Å². The van der Waals surface area contributed by atoms with Crippen molar-refractivity contribution in [1.82, 2.24) is 4.90 Å². The highest BCUT2D eigenvalue weighted by atomic mass is 16.5. The van der Waals surface area contributed by atoms with Crippen LogP contribution in [0.5, 0.6) is 0 Å². The third-order valence-corrected chi connectivity index (χ3v) is 3.91. The van der Waals surface area contributed by atoms with E-state index in [0.29, 0.717) is 19.2 Å². The van der Waals surface area contributed by atoms with Gasteiger partial charge in [-0.2, -0.15) is 0 Å². The number of hydrogen-bond donors (Lipinski definition) is 1. The summed E-state index contributed by atoms with van der Waals surface area (Å²) < 4.78 is 5.58. The SMILES string of the molecule is CC(C)N(Cc1ccccc1)C(=O)C[NH2+]C[C@@H]1CCCO1. The van der Waals surface area contributed by atoms with Crippen LogP contribution in [-0.4, -0.2) is 42.6 Å². The highest BCUT2D eigenvalue weighted by Crippen LogP contribution is 2.10. The lowest BCUT2D eigenvalue weighted by Gasteiger charge is -2.26. The molecule has 0 spiro atoms. The largest absolute Gasteiger partial charge is 0.372 e. The summed E-state index contributed by atoms with van der Waals surface area (Å²) in [6.07, 6.45) is 2.61. The van der Waals surface area contributed by atoms with Gasteiger partial charge >= 0.3 is 0 Å². The number of carbonyl (C=O) groups is 1. The van der Waals surface area contributed by atoms with E-state index in [1.54, 1.807) is 0 Å². The predicted octanol–water partition coefficient (Wildman–Crippen LogP) is 1.17. The van der Waals surface area contributed by atoms with Crippen molar-refractivity contribution < 1.29 is 14.8 Å². The zero-order valence-electron chi connectivity index (χ0n) is 13.1. The fraction of sp³-hybridized carbons (Fsp3) is 0.588. The van der Waals surface area contributed by atoms with Crippen LogP contribution in [0.4, 0.5) is 0 Å². The lowest BCUT2D eigenvalue weighted by molar-refractivity contribution is -0.650. The van der Waals surface area contributed by atoms with Crippen molar-refractivity contribution in [1.29, 1.82) is 0 Å². The average Bonchev–Trinajstić information content (AvgIpc) is 2.98. The maximum Gasteiger partial charge on any atom is 0.278 e. The van der Waals surface area contributed by atoms with E-state index in [4.69, 9.17) is 4.74 Å². The summed E-state index contributed by atoms with van der Waals surface area (Å²) in [4.78, 5) is 14.4. The van der Waals surface area contributed by atoms with Crippen LogP contribution in [0.15, 0.2) is 30.3 Å². The van der Waals surface area contributed by atoms with Gasteiger partial charge in [-0.05, 0) is 32.3 Å². The summed E-state index contributed by atoms with van der Waals surface area (Å²) >= 11 is 0. The van der Waals surface area contributed by atoms with E-state index >= 15 is 0 Å². The van der Waals surface area contributed by atoms with E-state index in [0.717, 1.165) is 26.0 Å². The van der Waals surface area contributed by atoms with Crippen molar-refractivity contribution in [3.63, 3.8) is 0 Å². The summed E-state index contributed by atoms with van der Waals surface area (Å²) in [6.45, 7) is 7.10. The molecule has 21 heavy (non-hydrogen) atoms. The molecule has 2 N–H and O–H groups in total. The van der Waals surface area contributed by atoms with Gasteiger partial charge in [-0.25, -0.2) is 0 Å². The Bertz CT molecular complexity index is 428. The Morgan fingerprint density at radius 3 is 2.76 bits per heavy atom. The number of benzene rings is 1. The molecule has 1 aromatic rings. The van der Waals surface area contributed by atoms with Crippen LogP contribution < -0.4 is 5.32 Å². The van der Waals surface area contributed by atoms with Crippen molar-refractivity contribution in [2.75, 3.05) is 19.7 Å². The Labute approximate surface area is 127 Å². The molecule has 0 aliphatic carbocycles. The van der Waals surface area contributed by atoms with Crippen molar-refractivity contribution in [2.24, 2.45) is 0 Å². The van der Waals surface area contributed by atoms with E-state index in [2.05, 4.69) is 31.3 Å². The van der Waals surface area contributed by atoms with Gasteiger partial charge in [0.25, 0.3) is 5.91 Å². The van der Waals surface area contributed by atoms with Gasteiger partial charge in [-0.1, -0.05) is 30.3 Å². The number of carbonyl (C=O) groups excluding carboxylic acids is 1. The lowest BCUT2D eigenvalue weighted by Crippen LogP contribution is -2.88. The molecule has 1 aliphatic rings. The zero-order chi connectivity index (χ0) is 15.1. The highest BCUT2D eigenvalue weighted by Gasteiger charge is 2.21. The van der Waals surface area contributed by atoms with Crippen LogP contribution in [0, 0.1) is 0 Å². The second-order valence-corrected chi connectivity index (χ2v) is 5.96. The first-order valence-electron chi connectivity index (χ1n) is 7.93. The molecule has 0 aromatic heterocycles. The van der Waals surface area contributed by atoms with Gasteiger partial charge < -0.3 is 15.0 Å². The van der Waals surface area contributed by atoms with Crippen molar-refractivity contribution in [3.8, 4) is 0 Å². The Hall–Kier alpha value is -1.39. The molecule has 1 fully saturated rings. The fourth-order valence-electron chi connectivity index (χ4n) is 2.68. The smallest absolute Gasteiger partial charge is 0.278 e. The van der Waals surface area contributed by atoms with Crippen LogP contribution in [0.1, 0.15) is 32.3 Å². The number of hydrogen-bond acceptors (Lipinski definition) is 2. The van der Waals surface area contributed by atoms with E-state index < -0.39 is 0 Å². The lowest BCUT2D eigenvalue weighted by atomic mass is 10.2. The van der Waals surface area contributed by atoms with E-state index in [1.807, 2.05) is 23.1 Å². The molecule has 1 saturated heterocycles. The second-order valence-electron chi connectivity index (χ2n) is 5.96. The number of amides is 1. The van der Waals surface area contributed by atoms with Gasteiger partial charge in [0.2, 0.25) is 0 Å². The second kappa shape index (κ2) is 8.15. The van der Waals surface area contributed by atoms with Gasteiger partial charge in [-0.3, -0.25) is 4.79 Å². The molecule has 1 atom stereocenters. The molecular weight excluding hydrogens is 264 g/mol. The third kappa shape index (κ3) is 5.14. The van der Waals surface area contributed by atoms with E-state index in [-0.39, 0.29) is 11.9 Å². The molecule has 0 saturated carbocycles. The molecule has 0 radical (unpaired) electrons. The van der Waals surface area contributed by atoms with Gasteiger partial charge in [0, 0.05) is 19.2 Å². The Kier molecular flexibility index (Phi) is 6.21. The minimum absolute atomic E-state index is 0.201. The van der Waals surface area contributed by atoms with Gasteiger partial charge in [0.1, 0.15) is 12.6 Å². The van der Waals surface area contributed by atoms with Gasteiger partial charge in [0.15, 0.2) is 6.54 Å². The molecule has 116 valence electrons. The molecule has 1 aromatic carbocycles. The first-order valence-corrected chi connectivity index (χ1v) is 7.93. The fourth-order valence-corrected chi connectivity index (χ4v) is 2.68. The van der Waals surface area contributed by atoms with Crippen LogP contribution in [0.3, 0.4) is 0 Å². The molecule has 1 aliphatic heterocycles. The van der Waals surface area contributed by atoms with Crippen LogP contribution in [0.2, 0.25) is 0 Å². The number of ether oxygens (including phenoxy) is 1. The predicted molar refractivity (Wildman–Crippen MR) is 82.8 cm³/mol. The molecule has 2 rings (SSSR count). The Morgan fingerprint density at radius 1 is 1.38 bits per heavy atom. The summed E-state index contributed by atoms with van der Waals surface area (Å²) in [5, 5.41) is 2.08. The monoisotopic (exact) mass is 291 g/mol. The molecule has 0 bridgehead atoms. The average molecular weight is 291 g/mol. The summed E-state index contributed by atoms with van der Waals surface area (Å²) in [7, 11) is 0. The van der Waals surface area contributed by atoms with Crippen molar-refractivity contribution >= 4 is 5.91 Å². The molecule has 1 amide bonds. The Balaban J connectivity index is 1.81. The Morgan fingerprint density at radius 2 is 2.14 bits per heavy atom. The first kappa shape index (κ1) is 16.0. The first-order chi connectivity index (χ1) is 10.2. The quantitative estimate of drug-likeness (QED) is 0.819. The highest BCUT2D eigenvalue weighted by molar-refractivity contribution is 5.77. The minimum atomic E-state index is 0.201. The summed E-state index contributed by atoms with van der Waals surface area (Å²) in [5.41, 5.74) is 1.18. The van der Waals surface area contributed by atoms with E-state index in [9.17, 15) is 4.79 Å². The summed E-state index contributed by atoms with van der Waals surface area (Å²) in [6, 6.07) is 10.4. The van der Waals surface area contributed by atoms with Gasteiger partial charge in [-0.15, -0.1) is 0 Å². The van der Waals surface area contributed by atoms with Gasteiger partial charge in [0.05, 0.1) is 0 Å². The zero-order valence-corrected chi connectivity index (χ0v) is 13.1. The number of rotatable bonds is 7. The van der Waals surface area contributed by atoms with Crippen molar-refractivity contribution in [3.05, 3.63) is 35.9 Å².